The Morgan fingerprint density at radius 2 is 2.06 bits per heavy atom. The number of thiophene rings is 1. The van der Waals surface area contributed by atoms with Crippen LogP contribution in [0.1, 0.15) is 15.9 Å². The van der Waals surface area contributed by atoms with E-state index in [1.807, 2.05) is 25.1 Å². The average molecular weight is 412 g/mol. The normalized spacial score (nSPS) is 10.4. The van der Waals surface area contributed by atoms with Gasteiger partial charge in [0, 0.05) is 9.26 Å². The van der Waals surface area contributed by atoms with E-state index in [4.69, 9.17) is 23.2 Å². The second-order valence-corrected chi connectivity index (χ2v) is 7.18. The number of hydrogen-bond acceptors (Lipinski definition) is 2. The molecule has 0 aliphatic rings. The zero-order valence-corrected chi connectivity index (χ0v) is 13.7. The number of nitrogens with one attached hydrogen (secondary N) is 1. The van der Waals surface area contributed by atoms with Gasteiger partial charge in [0.2, 0.25) is 0 Å². The first-order valence-corrected chi connectivity index (χ1v) is 7.65. The van der Waals surface area contributed by atoms with Crippen molar-refractivity contribution < 1.29 is 4.79 Å². The molecule has 0 atom stereocenters. The number of anilines is 1. The third kappa shape index (κ3) is 3.17. The Balaban J connectivity index is 2.26. The maximum Gasteiger partial charge on any atom is 0.258 e. The highest BCUT2D eigenvalue weighted by molar-refractivity contribution is 14.1. The molecule has 0 radical (unpaired) electrons. The summed E-state index contributed by atoms with van der Waals surface area (Å²) >= 11 is 15.2. The SMILES string of the molecule is Cc1ccc(I)cc1NC(=O)c1cc(Cl)sc1Cl. The molecule has 94 valence electrons. The van der Waals surface area contributed by atoms with Crippen LogP contribution in [-0.2, 0) is 0 Å². The van der Waals surface area contributed by atoms with Gasteiger partial charge in [-0.05, 0) is 53.3 Å². The van der Waals surface area contributed by atoms with Crippen molar-refractivity contribution in [1.82, 2.24) is 0 Å². The average Bonchev–Trinajstić information content (AvgIpc) is 2.63. The third-order valence-corrected chi connectivity index (χ3v) is 4.51. The maximum atomic E-state index is 12.1. The Morgan fingerprint density at radius 1 is 1.33 bits per heavy atom. The van der Waals surface area contributed by atoms with E-state index in [-0.39, 0.29) is 5.91 Å². The number of carbonyl (C=O) groups excluding carboxylic acids is 1. The largest absolute Gasteiger partial charge is 0.322 e. The molecule has 2 aromatic rings. The summed E-state index contributed by atoms with van der Waals surface area (Å²) in [5.41, 5.74) is 2.19. The Labute approximate surface area is 132 Å². The van der Waals surface area contributed by atoms with E-state index < -0.39 is 0 Å². The molecule has 1 N–H and O–H groups in total. The molecule has 0 bridgehead atoms. The molecule has 2 rings (SSSR count). The molecule has 0 saturated heterocycles. The number of halogens is 3. The highest BCUT2D eigenvalue weighted by Gasteiger charge is 2.15. The van der Waals surface area contributed by atoms with Gasteiger partial charge < -0.3 is 5.32 Å². The van der Waals surface area contributed by atoms with Gasteiger partial charge >= 0.3 is 0 Å². The lowest BCUT2D eigenvalue weighted by molar-refractivity contribution is 0.102. The van der Waals surface area contributed by atoms with Crippen molar-refractivity contribution in [3.05, 3.63) is 47.6 Å². The predicted octanol–water partition coefficient (Wildman–Crippen LogP) is 5.22. The summed E-state index contributed by atoms with van der Waals surface area (Å²) in [5.74, 6) is -0.242. The summed E-state index contributed by atoms with van der Waals surface area (Å²) in [7, 11) is 0. The Morgan fingerprint density at radius 3 is 2.67 bits per heavy atom. The number of amides is 1. The molecule has 1 amide bonds. The topological polar surface area (TPSA) is 29.1 Å². The van der Waals surface area contributed by atoms with Crippen LogP contribution in [0.15, 0.2) is 24.3 Å². The fraction of sp³-hybridized carbons (Fsp3) is 0.0833. The van der Waals surface area contributed by atoms with Gasteiger partial charge in [-0.1, -0.05) is 29.3 Å². The quantitative estimate of drug-likeness (QED) is 0.674. The second kappa shape index (κ2) is 5.77. The van der Waals surface area contributed by atoms with Gasteiger partial charge in [0.25, 0.3) is 5.91 Å². The molecule has 1 aromatic carbocycles. The molecule has 18 heavy (non-hydrogen) atoms. The Bertz CT molecular complexity index is 612. The van der Waals surface area contributed by atoms with E-state index in [1.54, 1.807) is 6.07 Å². The predicted molar refractivity (Wildman–Crippen MR) is 86.2 cm³/mol. The van der Waals surface area contributed by atoms with Crippen molar-refractivity contribution in [2.75, 3.05) is 5.32 Å². The minimum absolute atomic E-state index is 0.242. The fourth-order valence-corrected chi connectivity index (χ4v) is 3.36. The van der Waals surface area contributed by atoms with Gasteiger partial charge in [-0.15, -0.1) is 11.3 Å². The van der Waals surface area contributed by atoms with Crippen molar-refractivity contribution in [2.45, 2.75) is 6.92 Å². The van der Waals surface area contributed by atoms with Crippen LogP contribution in [0.3, 0.4) is 0 Å². The van der Waals surface area contributed by atoms with Crippen molar-refractivity contribution in [3.63, 3.8) is 0 Å². The first-order valence-electron chi connectivity index (χ1n) is 4.99. The number of benzene rings is 1. The molecule has 0 unspecified atom stereocenters. The van der Waals surface area contributed by atoms with Gasteiger partial charge in [-0.2, -0.15) is 0 Å². The molecule has 0 aliphatic heterocycles. The highest BCUT2D eigenvalue weighted by Crippen LogP contribution is 2.31. The number of aryl methyl sites for hydroxylation is 1. The fourth-order valence-electron chi connectivity index (χ4n) is 1.41. The first kappa shape index (κ1) is 14.1. The molecule has 0 fully saturated rings. The second-order valence-electron chi connectivity index (χ2n) is 3.65. The maximum absolute atomic E-state index is 12.1. The lowest BCUT2D eigenvalue weighted by atomic mass is 10.2. The summed E-state index contributed by atoms with van der Waals surface area (Å²) in [4.78, 5) is 12.1. The van der Waals surface area contributed by atoms with Crippen LogP contribution >= 0.6 is 57.1 Å². The standard InChI is InChI=1S/C12H8Cl2INOS/c1-6-2-3-7(15)4-9(6)16-12(17)8-5-10(13)18-11(8)14/h2-5H,1H3,(H,16,17). The molecule has 0 spiro atoms. The molecule has 1 aromatic heterocycles. The van der Waals surface area contributed by atoms with E-state index in [2.05, 4.69) is 27.9 Å². The van der Waals surface area contributed by atoms with Gasteiger partial charge in [0.15, 0.2) is 0 Å². The summed E-state index contributed by atoms with van der Waals surface area (Å²) in [6.45, 7) is 1.94. The minimum Gasteiger partial charge on any atom is -0.322 e. The number of carbonyl (C=O) groups is 1. The highest BCUT2D eigenvalue weighted by atomic mass is 127. The van der Waals surface area contributed by atoms with E-state index in [0.717, 1.165) is 14.8 Å². The van der Waals surface area contributed by atoms with Crippen LogP contribution in [-0.4, -0.2) is 5.91 Å². The Hall–Kier alpha value is -0.300. The third-order valence-electron chi connectivity index (χ3n) is 2.35. The Kier molecular flexibility index (Phi) is 4.53. The van der Waals surface area contributed by atoms with E-state index >= 15 is 0 Å². The van der Waals surface area contributed by atoms with Crippen LogP contribution in [0.4, 0.5) is 5.69 Å². The summed E-state index contributed by atoms with van der Waals surface area (Å²) in [6.07, 6.45) is 0. The van der Waals surface area contributed by atoms with Crippen LogP contribution in [0, 0.1) is 10.5 Å². The van der Waals surface area contributed by atoms with Gasteiger partial charge in [-0.25, -0.2) is 0 Å². The monoisotopic (exact) mass is 411 g/mol. The van der Waals surface area contributed by atoms with Gasteiger partial charge in [0.05, 0.1) is 9.90 Å². The molecule has 6 heteroatoms. The minimum atomic E-state index is -0.242. The number of hydrogen-bond donors (Lipinski definition) is 1. The zero-order valence-electron chi connectivity index (χ0n) is 9.26. The van der Waals surface area contributed by atoms with E-state index in [0.29, 0.717) is 14.2 Å². The van der Waals surface area contributed by atoms with Gasteiger partial charge in [-0.3, -0.25) is 4.79 Å². The van der Waals surface area contributed by atoms with Crippen molar-refractivity contribution >= 4 is 68.7 Å². The number of rotatable bonds is 2. The summed E-state index contributed by atoms with van der Waals surface area (Å²) in [5, 5.41) is 2.84. The lowest BCUT2D eigenvalue weighted by Crippen LogP contribution is -2.12. The van der Waals surface area contributed by atoms with Crippen molar-refractivity contribution in [3.8, 4) is 0 Å². The zero-order chi connectivity index (χ0) is 13.3. The van der Waals surface area contributed by atoms with Crippen molar-refractivity contribution in [1.29, 1.82) is 0 Å². The smallest absolute Gasteiger partial charge is 0.258 e. The first-order chi connectivity index (χ1) is 8.47. The van der Waals surface area contributed by atoms with Crippen LogP contribution in [0.2, 0.25) is 8.67 Å². The van der Waals surface area contributed by atoms with Crippen LogP contribution < -0.4 is 5.32 Å². The lowest BCUT2D eigenvalue weighted by Gasteiger charge is -2.08. The molecule has 0 saturated carbocycles. The summed E-state index contributed by atoms with van der Waals surface area (Å²) in [6, 6.07) is 7.43. The summed E-state index contributed by atoms with van der Waals surface area (Å²) < 4.78 is 1.97. The van der Waals surface area contributed by atoms with Crippen molar-refractivity contribution in [2.24, 2.45) is 0 Å². The van der Waals surface area contributed by atoms with Crippen LogP contribution in [0.25, 0.3) is 0 Å². The molecule has 2 nitrogen and oxygen atoms in total. The molecular weight excluding hydrogens is 404 g/mol. The van der Waals surface area contributed by atoms with Crippen LogP contribution in [0.5, 0.6) is 0 Å². The van der Waals surface area contributed by atoms with E-state index in [9.17, 15) is 4.79 Å². The molecule has 0 aliphatic carbocycles. The van der Waals surface area contributed by atoms with E-state index in [1.165, 1.54) is 11.3 Å². The molecule has 1 heterocycles. The van der Waals surface area contributed by atoms with Gasteiger partial charge in [0.1, 0.15) is 4.34 Å². The molecular formula is C12H8Cl2INOS.